The maximum atomic E-state index is 12.0. The zero-order chi connectivity index (χ0) is 12.3. The Bertz CT molecular complexity index is 228. The largest absolute Gasteiger partial charge is 0.480 e. The lowest BCUT2D eigenvalue weighted by Crippen LogP contribution is -2.46. The van der Waals surface area contributed by atoms with Gasteiger partial charge in [-0.1, -0.05) is 0 Å². The minimum Gasteiger partial charge on any atom is -0.480 e. The summed E-state index contributed by atoms with van der Waals surface area (Å²) in [6.45, 7) is 1.73. The first-order valence-electron chi connectivity index (χ1n) is 4.28. The fourth-order valence-corrected chi connectivity index (χ4v) is 0.649. The molecule has 2 atom stereocenters. The van der Waals surface area contributed by atoms with Gasteiger partial charge in [0.05, 0.1) is 0 Å². The van der Waals surface area contributed by atoms with E-state index < -0.39 is 23.8 Å². The highest BCUT2D eigenvalue weighted by molar-refractivity contribution is 5.77. The zero-order valence-corrected chi connectivity index (χ0v) is 8.47. The van der Waals surface area contributed by atoms with Crippen LogP contribution in [0.2, 0.25) is 0 Å². The highest BCUT2D eigenvalue weighted by atomic mass is 19.4. The van der Waals surface area contributed by atoms with Crippen molar-refractivity contribution in [3.63, 3.8) is 0 Å². The SMILES string of the molecule is CC(OCCC(C)(N)C(=O)O)C(F)(F)F. The van der Waals surface area contributed by atoms with E-state index in [-0.39, 0.29) is 13.0 Å². The smallest absolute Gasteiger partial charge is 0.414 e. The monoisotopic (exact) mass is 229 g/mol. The van der Waals surface area contributed by atoms with E-state index in [2.05, 4.69) is 4.74 Å². The van der Waals surface area contributed by atoms with Gasteiger partial charge in [0, 0.05) is 6.61 Å². The van der Waals surface area contributed by atoms with Gasteiger partial charge in [0.25, 0.3) is 0 Å². The number of nitrogens with two attached hydrogens (primary N) is 1. The first kappa shape index (κ1) is 14.2. The highest BCUT2D eigenvalue weighted by Crippen LogP contribution is 2.22. The number of carboxylic acids is 1. The van der Waals surface area contributed by atoms with Crippen molar-refractivity contribution < 1.29 is 27.8 Å². The third kappa shape index (κ3) is 4.98. The number of carbonyl (C=O) groups is 1. The highest BCUT2D eigenvalue weighted by Gasteiger charge is 2.37. The van der Waals surface area contributed by atoms with Crippen molar-refractivity contribution in [2.24, 2.45) is 5.73 Å². The number of carboxylic acid groups (broad SMARTS) is 1. The second-order valence-electron chi connectivity index (χ2n) is 3.53. The van der Waals surface area contributed by atoms with Gasteiger partial charge in [0.1, 0.15) is 5.54 Å². The van der Waals surface area contributed by atoms with E-state index in [0.717, 1.165) is 6.92 Å². The van der Waals surface area contributed by atoms with Crippen LogP contribution in [0.4, 0.5) is 13.2 Å². The Labute approximate surface area is 85.2 Å². The van der Waals surface area contributed by atoms with Crippen molar-refractivity contribution in [3.05, 3.63) is 0 Å². The molecule has 0 saturated carbocycles. The minimum atomic E-state index is -4.44. The van der Waals surface area contributed by atoms with Gasteiger partial charge >= 0.3 is 12.1 Å². The summed E-state index contributed by atoms with van der Waals surface area (Å²) < 4.78 is 40.3. The van der Waals surface area contributed by atoms with E-state index >= 15 is 0 Å². The number of alkyl halides is 3. The molecule has 0 aromatic rings. The fourth-order valence-electron chi connectivity index (χ4n) is 0.649. The third-order valence-corrected chi connectivity index (χ3v) is 1.94. The van der Waals surface area contributed by atoms with E-state index in [9.17, 15) is 18.0 Å². The standard InChI is InChI=1S/C8H14F3NO3/c1-5(8(9,10)11)15-4-3-7(2,12)6(13)14/h5H,3-4,12H2,1-2H3,(H,13,14). The van der Waals surface area contributed by atoms with E-state index in [1.807, 2.05) is 0 Å². The van der Waals surface area contributed by atoms with Crippen LogP contribution in [0.5, 0.6) is 0 Å². The number of halogens is 3. The lowest BCUT2D eigenvalue weighted by Gasteiger charge is -2.21. The van der Waals surface area contributed by atoms with Gasteiger partial charge < -0.3 is 15.6 Å². The second-order valence-corrected chi connectivity index (χ2v) is 3.53. The Morgan fingerprint density at radius 3 is 2.33 bits per heavy atom. The molecule has 0 aliphatic heterocycles. The summed E-state index contributed by atoms with van der Waals surface area (Å²) in [5, 5.41) is 8.56. The maximum absolute atomic E-state index is 12.0. The van der Waals surface area contributed by atoms with Crippen LogP contribution in [0.3, 0.4) is 0 Å². The Balaban J connectivity index is 3.95. The molecule has 0 saturated heterocycles. The van der Waals surface area contributed by atoms with Crippen LogP contribution in [-0.2, 0) is 9.53 Å². The van der Waals surface area contributed by atoms with Gasteiger partial charge in [-0.15, -0.1) is 0 Å². The molecule has 90 valence electrons. The second kappa shape index (κ2) is 4.80. The summed E-state index contributed by atoms with van der Waals surface area (Å²) in [6, 6.07) is 0. The van der Waals surface area contributed by atoms with Crippen LogP contribution >= 0.6 is 0 Å². The Hall–Kier alpha value is -0.820. The van der Waals surface area contributed by atoms with Gasteiger partial charge in [-0.2, -0.15) is 13.2 Å². The predicted molar refractivity (Wildman–Crippen MR) is 46.3 cm³/mol. The summed E-state index contributed by atoms with van der Waals surface area (Å²) in [5.74, 6) is -1.27. The molecule has 4 nitrogen and oxygen atoms in total. The molecule has 0 fully saturated rings. The molecule has 0 aliphatic rings. The van der Waals surface area contributed by atoms with Gasteiger partial charge in [-0.05, 0) is 20.3 Å². The Morgan fingerprint density at radius 1 is 1.53 bits per heavy atom. The predicted octanol–water partition coefficient (Wildman–Crippen LogP) is 1.15. The average molecular weight is 229 g/mol. The van der Waals surface area contributed by atoms with E-state index in [1.165, 1.54) is 6.92 Å². The first-order chi connectivity index (χ1) is 6.57. The fraction of sp³-hybridized carbons (Fsp3) is 0.875. The number of aliphatic carboxylic acids is 1. The van der Waals surface area contributed by atoms with Crippen LogP contribution in [0, 0.1) is 0 Å². The molecule has 0 amide bonds. The van der Waals surface area contributed by atoms with Crippen LogP contribution in [0.1, 0.15) is 20.3 Å². The van der Waals surface area contributed by atoms with E-state index in [0.29, 0.717) is 0 Å². The Morgan fingerprint density at radius 2 is 2.00 bits per heavy atom. The topological polar surface area (TPSA) is 72.5 Å². The molecule has 0 aliphatic carbocycles. The minimum absolute atomic E-state index is 0.178. The third-order valence-electron chi connectivity index (χ3n) is 1.94. The van der Waals surface area contributed by atoms with E-state index in [4.69, 9.17) is 10.8 Å². The molecule has 3 N–H and O–H groups in total. The molecular weight excluding hydrogens is 215 g/mol. The summed E-state index contributed by atoms with van der Waals surface area (Å²) in [7, 11) is 0. The van der Waals surface area contributed by atoms with Crippen molar-refractivity contribution in [1.82, 2.24) is 0 Å². The van der Waals surface area contributed by atoms with Crippen LogP contribution < -0.4 is 5.73 Å². The van der Waals surface area contributed by atoms with Crippen LogP contribution in [0.25, 0.3) is 0 Å². The molecule has 0 aromatic carbocycles. The van der Waals surface area contributed by atoms with Crippen LogP contribution in [0.15, 0.2) is 0 Å². The summed E-state index contributed by atoms with van der Waals surface area (Å²) in [6.07, 6.45) is -6.53. The van der Waals surface area contributed by atoms with Crippen molar-refractivity contribution in [2.45, 2.75) is 38.1 Å². The van der Waals surface area contributed by atoms with Crippen LogP contribution in [-0.4, -0.2) is 35.5 Å². The van der Waals surface area contributed by atoms with Gasteiger partial charge in [-0.3, -0.25) is 4.79 Å². The zero-order valence-electron chi connectivity index (χ0n) is 8.47. The molecule has 0 aromatic heterocycles. The van der Waals surface area contributed by atoms with Crippen molar-refractivity contribution >= 4 is 5.97 Å². The van der Waals surface area contributed by atoms with Crippen molar-refractivity contribution in [1.29, 1.82) is 0 Å². The first-order valence-corrected chi connectivity index (χ1v) is 4.28. The molecule has 15 heavy (non-hydrogen) atoms. The quantitative estimate of drug-likeness (QED) is 0.741. The Kier molecular flexibility index (Phi) is 4.54. The number of ether oxygens (including phenoxy) is 1. The number of rotatable bonds is 5. The molecule has 0 heterocycles. The molecule has 0 radical (unpaired) electrons. The lowest BCUT2D eigenvalue weighted by atomic mass is 10.0. The normalized spacial score (nSPS) is 18.3. The van der Waals surface area contributed by atoms with Gasteiger partial charge in [0.2, 0.25) is 0 Å². The molecule has 2 unspecified atom stereocenters. The van der Waals surface area contributed by atoms with Gasteiger partial charge in [-0.25, -0.2) is 0 Å². The number of hydrogen-bond donors (Lipinski definition) is 2. The van der Waals surface area contributed by atoms with Crippen molar-refractivity contribution in [3.8, 4) is 0 Å². The summed E-state index contributed by atoms with van der Waals surface area (Å²) >= 11 is 0. The molecular formula is C8H14F3NO3. The summed E-state index contributed by atoms with van der Waals surface area (Å²) in [5.41, 5.74) is 3.73. The molecule has 0 rings (SSSR count). The lowest BCUT2D eigenvalue weighted by molar-refractivity contribution is -0.215. The number of hydrogen-bond acceptors (Lipinski definition) is 3. The molecule has 7 heteroatoms. The van der Waals surface area contributed by atoms with Crippen molar-refractivity contribution in [2.75, 3.05) is 6.61 Å². The molecule has 0 spiro atoms. The maximum Gasteiger partial charge on any atom is 0.414 e. The van der Waals surface area contributed by atoms with Gasteiger partial charge in [0.15, 0.2) is 6.10 Å². The molecule has 0 bridgehead atoms. The summed E-state index contributed by atoms with van der Waals surface area (Å²) in [4.78, 5) is 10.5. The average Bonchev–Trinajstić information content (AvgIpc) is 2.01. The van der Waals surface area contributed by atoms with E-state index in [1.54, 1.807) is 0 Å².